The average molecular weight is 373 g/mol. The average Bonchev–Trinajstić information content (AvgIpc) is 2.50. The summed E-state index contributed by atoms with van der Waals surface area (Å²) in [7, 11) is 0. The highest BCUT2D eigenvalue weighted by Gasteiger charge is 2.14. The van der Waals surface area contributed by atoms with E-state index in [0.29, 0.717) is 28.2 Å². The number of benzene rings is 2. The predicted octanol–water partition coefficient (Wildman–Crippen LogP) is 3.59. The highest BCUT2D eigenvalue weighted by atomic mass is 35.5. The number of carbonyl (C=O) groups is 1. The maximum Gasteiger partial charge on any atom is 0.275 e. The smallest absolute Gasteiger partial charge is 0.275 e. The zero-order chi connectivity index (χ0) is 16.8. The second kappa shape index (κ2) is 8.55. The zero-order valence-corrected chi connectivity index (χ0v) is 14.9. The van der Waals surface area contributed by atoms with Gasteiger partial charge < -0.3 is 10.6 Å². The lowest BCUT2D eigenvalue weighted by Crippen LogP contribution is -2.87. The summed E-state index contributed by atoms with van der Waals surface area (Å²) >= 11 is 18.0. The van der Waals surface area contributed by atoms with Crippen LogP contribution in [-0.2, 0) is 11.3 Å². The minimum atomic E-state index is -0.0399. The molecule has 0 aromatic heterocycles. The lowest BCUT2D eigenvalue weighted by atomic mass is 10.1. The van der Waals surface area contributed by atoms with Gasteiger partial charge in [-0.05, 0) is 36.8 Å². The number of nitrogens with two attached hydrogens (primary N) is 1. The Morgan fingerprint density at radius 3 is 2.57 bits per heavy atom. The van der Waals surface area contributed by atoms with Crippen molar-refractivity contribution in [2.24, 2.45) is 0 Å². The third-order valence-corrected chi connectivity index (χ3v) is 4.29. The monoisotopic (exact) mass is 371 g/mol. The van der Waals surface area contributed by atoms with Crippen LogP contribution in [0.3, 0.4) is 0 Å². The minimum absolute atomic E-state index is 0.0399. The molecule has 0 saturated heterocycles. The van der Waals surface area contributed by atoms with Crippen LogP contribution in [0.1, 0.15) is 24.1 Å². The molecule has 3 nitrogen and oxygen atoms in total. The number of carbonyl (C=O) groups excluding carboxylic acids is 1. The molecule has 2 aromatic rings. The van der Waals surface area contributed by atoms with Crippen LogP contribution in [0.15, 0.2) is 42.5 Å². The van der Waals surface area contributed by atoms with Crippen LogP contribution in [0.25, 0.3) is 0 Å². The second-order valence-corrected chi connectivity index (χ2v) is 6.58. The van der Waals surface area contributed by atoms with Gasteiger partial charge in [0.05, 0.1) is 5.02 Å². The van der Waals surface area contributed by atoms with Gasteiger partial charge in [0.15, 0.2) is 6.54 Å². The molecule has 2 aromatic carbocycles. The maximum atomic E-state index is 11.9. The molecule has 0 fully saturated rings. The largest absolute Gasteiger partial charge is 0.347 e. The normalized spacial score (nSPS) is 12.0. The van der Waals surface area contributed by atoms with Gasteiger partial charge in [0, 0.05) is 22.2 Å². The van der Waals surface area contributed by atoms with Gasteiger partial charge >= 0.3 is 0 Å². The molecule has 0 spiro atoms. The first-order chi connectivity index (χ1) is 11.0. The second-order valence-electron chi connectivity index (χ2n) is 5.30. The van der Waals surface area contributed by atoms with Crippen molar-refractivity contribution in [2.75, 3.05) is 6.54 Å². The fourth-order valence-electron chi connectivity index (χ4n) is 2.20. The van der Waals surface area contributed by atoms with Crippen molar-refractivity contribution in [1.29, 1.82) is 0 Å². The van der Waals surface area contributed by atoms with Crippen LogP contribution in [0.5, 0.6) is 0 Å². The van der Waals surface area contributed by atoms with Crippen LogP contribution in [0.2, 0.25) is 15.1 Å². The molecule has 122 valence electrons. The summed E-state index contributed by atoms with van der Waals surface area (Å²) in [4.78, 5) is 11.9. The van der Waals surface area contributed by atoms with E-state index in [-0.39, 0.29) is 11.9 Å². The number of amides is 1. The Morgan fingerprint density at radius 2 is 1.87 bits per heavy atom. The summed E-state index contributed by atoms with van der Waals surface area (Å²) in [6.07, 6.45) is 0. The van der Waals surface area contributed by atoms with Gasteiger partial charge in [0.2, 0.25) is 0 Å². The van der Waals surface area contributed by atoms with Crippen molar-refractivity contribution in [1.82, 2.24) is 5.32 Å². The van der Waals surface area contributed by atoms with E-state index in [1.165, 1.54) is 0 Å². The SMILES string of the molecule is C[C@@H]([NH2+]CC(=O)NCc1cccc(Cl)c1)c1ccc(Cl)cc1Cl. The van der Waals surface area contributed by atoms with E-state index >= 15 is 0 Å². The van der Waals surface area contributed by atoms with E-state index in [0.717, 1.165) is 11.1 Å². The minimum Gasteiger partial charge on any atom is -0.347 e. The lowest BCUT2D eigenvalue weighted by Gasteiger charge is -2.13. The first-order valence-electron chi connectivity index (χ1n) is 7.25. The van der Waals surface area contributed by atoms with Crippen LogP contribution in [0, 0.1) is 0 Å². The number of quaternary nitrogens is 1. The molecule has 0 saturated carbocycles. The van der Waals surface area contributed by atoms with Gasteiger partial charge in [-0.1, -0.05) is 53.0 Å². The van der Waals surface area contributed by atoms with Crippen molar-refractivity contribution >= 4 is 40.7 Å². The molecular weight excluding hydrogens is 355 g/mol. The van der Waals surface area contributed by atoms with Crippen molar-refractivity contribution in [3.05, 3.63) is 68.7 Å². The van der Waals surface area contributed by atoms with E-state index in [2.05, 4.69) is 5.32 Å². The molecule has 0 aliphatic rings. The highest BCUT2D eigenvalue weighted by molar-refractivity contribution is 6.35. The molecule has 0 radical (unpaired) electrons. The summed E-state index contributed by atoms with van der Waals surface area (Å²) in [6, 6.07) is 12.9. The molecule has 0 aliphatic heterocycles. The van der Waals surface area contributed by atoms with Gasteiger partial charge in [-0.2, -0.15) is 0 Å². The van der Waals surface area contributed by atoms with E-state index in [4.69, 9.17) is 34.8 Å². The fourth-order valence-corrected chi connectivity index (χ4v) is 2.99. The molecular formula is C17H18Cl3N2O+. The summed E-state index contributed by atoms with van der Waals surface area (Å²) in [6.45, 7) is 2.78. The van der Waals surface area contributed by atoms with Crippen LogP contribution in [0.4, 0.5) is 0 Å². The summed E-state index contributed by atoms with van der Waals surface area (Å²) in [5, 5.41) is 6.68. The third kappa shape index (κ3) is 5.70. The van der Waals surface area contributed by atoms with E-state index in [9.17, 15) is 4.79 Å². The fraction of sp³-hybridized carbons (Fsp3) is 0.235. The predicted molar refractivity (Wildman–Crippen MR) is 95.0 cm³/mol. The molecule has 23 heavy (non-hydrogen) atoms. The van der Waals surface area contributed by atoms with Gasteiger partial charge in [0.25, 0.3) is 5.91 Å². The van der Waals surface area contributed by atoms with E-state index in [1.807, 2.05) is 36.5 Å². The molecule has 0 aliphatic carbocycles. The Balaban J connectivity index is 1.81. The van der Waals surface area contributed by atoms with Gasteiger partial charge in [-0.25, -0.2) is 0 Å². The molecule has 0 heterocycles. The molecule has 0 unspecified atom stereocenters. The Bertz CT molecular complexity index is 691. The Labute approximate surface area is 150 Å². The Morgan fingerprint density at radius 1 is 1.13 bits per heavy atom. The number of hydrogen-bond acceptors (Lipinski definition) is 1. The van der Waals surface area contributed by atoms with Crippen LogP contribution >= 0.6 is 34.8 Å². The van der Waals surface area contributed by atoms with Crippen LogP contribution in [-0.4, -0.2) is 12.5 Å². The Hall–Kier alpha value is -1.26. The zero-order valence-electron chi connectivity index (χ0n) is 12.7. The van der Waals surface area contributed by atoms with E-state index in [1.54, 1.807) is 18.2 Å². The molecule has 3 N–H and O–H groups in total. The topological polar surface area (TPSA) is 45.7 Å². The van der Waals surface area contributed by atoms with Gasteiger partial charge in [0.1, 0.15) is 6.04 Å². The molecule has 6 heteroatoms. The molecule has 1 atom stereocenters. The van der Waals surface area contributed by atoms with E-state index < -0.39 is 0 Å². The van der Waals surface area contributed by atoms with Crippen molar-refractivity contribution < 1.29 is 10.1 Å². The summed E-state index contributed by atoms with van der Waals surface area (Å²) in [5.74, 6) is -0.0399. The molecule has 0 bridgehead atoms. The lowest BCUT2D eigenvalue weighted by molar-refractivity contribution is -0.682. The number of halogens is 3. The van der Waals surface area contributed by atoms with Gasteiger partial charge in [-0.3, -0.25) is 4.79 Å². The number of hydrogen-bond donors (Lipinski definition) is 2. The standard InChI is InChI=1S/C17H17Cl3N2O/c1-11(15-6-5-14(19)8-16(15)20)21-10-17(23)22-9-12-3-2-4-13(18)7-12/h2-8,11,21H,9-10H2,1H3,(H,22,23)/p+1/t11-/m1/s1. The summed E-state index contributed by atoms with van der Waals surface area (Å²) < 4.78 is 0. The summed E-state index contributed by atoms with van der Waals surface area (Å²) in [5.41, 5.74) is 1.93. The number of rotatable bonds is 6. The number of nitrogens with one attached hydrogen (secondary N) is 1. The van der Waals surface area contributed by atoms with Crippen molar-refractivity contribution in [3.63, 3.8) is 0 Å². The van der Waals surface area contributed by atoms with Gasteiger partial charge in [-0.15, -0.1) is 0 Å². The maximum absolute atomic E-state index is 11.9. The van der Waals surface area contributed by atoms with Crippen molar-refractivity contribution in [3.8, 4) is 0 Å². The first kappa shape index (κ1) is 18.1. The first-order valence-corrected chi connectivity index (χ1v) is 8.38. The third-order valence-electron chi connectivity index (χ3n) is 3.49. The van der Waals surface area contributed by atoms with Crippen molar-refractivity contribution in [2.45, 2.75) is 19.5 Å². The quantitative estimate of drug-likeness (QED) is 0.800. The molecule has 2 rings (SSSR count). The highest BCUT2D eigenvalue weighted by Crippen LogP contribution is 2.24. The Kier molecular flexibility index (Phi) is 6.72. The molecule has 1 amide bonds. The van der Waals surface area contributed by atoms with Crippen LogP contribution < -0.4 is 10.6 Å².